The van der Waals surface area contributed by atoms with Crippen LogP contribution in [-0.2, 0) is 9.53 Å². The van der Waals surface area contributed by atoms with Gasteiger partial charge in [0.2, 0.25) is 0 Å². The number of benzene rings is 1. The fourth-order valence-electron chi connectivity index (χ4n) is 2.09. The number of halogens is 4. The zero-order chi connectivity index (χ0) is 17.2. The maximum Gasteiger partial charge on any atom is 0.422 e. The summed E-state index contributed by atoms with van der Waals surface area (Å²) in [6.07, 6.45) is -4.67. The summed E-state index contributed by atoms with van der Waals surface area (Å²) in [6.45, 7) is -0.383. The molecule has 5 nitrogen and oxygen atoms in total. The summed E-state index contributed by atoms with van der Waals surface area (Å²) in [5.74, 6) is -1.75. The van der Waals surface area contributed by atoms with E-state index in [1.54, 1.807) is 0 Å². The standard InChI is InChI=1S/C14H12F4N2O3/c1-7-10(12(21)23-6-14(16,17)18)11(20-13(22)19-7)8-2-4-9(15)5-3-8/h2-5,11H,6H2,1H3,(H2,19,20,22). The van der Waals surface area contributed by atoms with Gasteiger partial charge in [-0.3, -0.25) is 0 Å². The van der Waals surface area contributed by atoms with Crippen molar-refractivity contribution in [1.82, 2.24) is 10.6 Å². The lowest BCUT2D eigenvalue weighted by Gasteiger charge is -2.28. The molecule has 0 spiro atoms. The Morgan fingerprint density at radius 2 is 1.87 bits per heavy atom. The molecule has 124 valence electrons. The molecule has 9 heteroatoms. The van der Waals surface area contributed by atoms with Gasteiger partial charge in [0, 0.05) is 5.70 Å². The van der Waals surface area contributed by atoms with Crippen LogP contribution in [0.1, 0.15) is 18.5 Å². The van der Waals surface area contributed by atoms with Crippen LogP contribution in [0.25, 0.3) is 0 Å². The van der Waals surface area contributed by atoms with Crippen molar-refractivity contribution in [3.05, 3.63) is 46.9 Å². The number of alkyl halides is 3. The first-order valence-electron chi connectivity index (χ1n) is 6.45. The van der Waals surface area contributed by atoms with Crippen molar-refractivity contribution in [2.24, 2.45) is 0 Å². The predicted octanol–water partition coefficient (Wildman–Crippen LogP) is 2.56. The van der Waals surface area contributed by atoms with Crippen LogP contribution >= 0.6 is 0 Å². The molecule has 0 radical (unpaired) electrons. The van der Waals surface area contributed by atoms with Crippen molar-refractivity contribution in [3.63, 3.8) is 0 Å². The molecule has 1 unspecified atom stereocenters. The van der Waals surface area contributed by atoms with Crippen molar-refractivity contribution < 1.29 is 31.9 Å². The van der Waals surface area contributed by atoms with Crippen LogP contribution in [-0.4, -0.2) is 24.8 Å². The second-order valence-electron chi connectivity index (χ2n) is 4.81. The molecule has 2 amide bonds. The Morgan fingerprint density at radius 3 is 2.43 bits per heavy atom. The van der Waals surface area contributed by atoms with Crippen molar-refractivity contribution in [2.45, 2.75) is 19.1 Å². The number of hydrogen-bond donors (Lipinski definition) is 2. The first-order valence-corrected chi connectivity index (χ1v) is 6.45. The lowest BCUT2D eigenvalue weighted by molar-refractivity contribution is -0.183. The van der Waals surface area contributed by atoms with E-state index in [9.17, 15) is 27.2 Å². The van der Waals surface area contributed by atoms with E-state index in [1.807, 2.05) is 0 Å². The Hall–Kier alpha value is -2.58. The summed E-state index contributed by atoms with van der Waals surface area (Å²) in [5.41, 5.74) is 0.218. The van der Waals surface area contributed by atoms with Crippen LogP contribution in [0.2, 0.25) is 0 Å². The molecule has 23 heavy (non-hydrogen) atoms. The fraction of sp³-hybridized carbons (Fsp3) is 0.286. The third kappa shape index (κ3) is 4.21. The van der Waals surface area contributed by atoms with Gasteiger partial charge in [-0.25, -0.2) is 14.0 Å². The third-order valence-corrected chi connectivity index (χ3v) is 3.06. The number of urea groups is 1. The van der Waals surface area contributed by atoms with E-state index in [1.165, 1.54) is 19.1 Å². The number of rotatable bonds is 3. The van der Waals surface area contributed by atoms with Gasteiger partial charge in [0.25, 0.3) is 0 Å². The van der Waals surface area contributed by atoms with Crippen molar-refractivity contribution in [1.29, 1.82) is 0 Å². The zero-order valence-corrected chi connectivity index (χ0v) is 11.8. The average Bonchev–Trinajstić information content (AvgIpc) is 2.44. The highest BCUT2D eigenvalue weighted by Crippen LogP contribution is 2.28. The second kappa shape index (κ2) is 6.27. The van der Waals surface area contributed by atoms with E-state index < -0.39 is 36.6 Å². The summed E-state index contributed by atoms with van der Waals surface area (Å²) < 4.78 is 53.8. The Kier molecular flexibility index (Phi) is 4.57. The molecule has 2 N–H and O–H groups in total. The molecule has 1 atom stereocenters. The molecule has 0 saturated carbocycles. The second-order valence-corrected chi connectivity index (χ2v) is 4.81. The van der Waals surface area contributed by atoms with Crippen molar-refractivity contribution in [2.75, 3.05) is 6.61 Å². The van der Waals surface area contributed by atoms with Gasteiger partial charge in [-0.15, -0.1) is 0 Å². The van der Waals surface area contributed by atoms with Crippen LogP contribution in [0.4, 0.5) is 22.4 Å². The maximum atomic E-state index is 13.0. The molecule has 0 saturated heterocycles. The number of allylic oxidation sites excluding steroid dienone is 1. The molecule has 1 aromatic rings. The molecule has 2 rings (SSSR count). The molecular formula is C14H12F4N2O3. The molecule has 0 aliphatic carbocycles. The SMILES string of the molecule is CC1=C(C(=O)OCC(F)(F)F)C(c2ccc(F)cc2)NC(=O)N1. The van der Waals surface area contributed by atoms with Crippen LogP contribution in [0.15, 0.2) is 35.5 Å². The Balaban J connectivity index is 2.31. The van der Waals surface area contributed by atoms with Crippen molar-refractivity contribution in [3.8, 4) is 0 Å². The number of esters is 1. The smallest absolute Gasteiger partial charge is 0.422 e. The highest BCUT2D eigenvalue weighted by Gasteiger charge is 2.35. The van der Waals surface area contributed by atoms with Crippen LogP contribution in [0.3, 0.4) is 0 Å². The van der Waals surface area contributed by atoms with Gasteiger partial charge in [0.15, 0.2) is 6.61 Å². The summed E-state index contributed by atoms with van der Waals surface area (Å²) in [7, 11) is 0. The average molecular weight is 332 g/mol. The van der Waals surface area contributed by atoms with Gasteiger partial charge in [-0.1, -0.05) is 12.1 Å². The molecule has 1 aromatic carbocycles. The molecule has 1 aliphatic rings. The first kappa shape index (κ1) is 16.8. The van der Waals surface area contributed by atoms with Gasteiger partial charge in [-0.2, -0.15) is 13.2 Å². The molecule has 1 heterocycles. The lowest BCUT2D eigenvalue weighted by Crippen LogP contribution is -2.45. The Labute approximate surface area is 128 Å². The van der Waals surface area contributed by atoms with Gasteiger partial charge >= 0.3 is 18.2 Å². The van der Waals surface area contributed by atoms with E-state index in [0.717, 1.165) is 12.1 Å². The number of ether oxygens (including phenoxy) is 1. The minimum atomic E-state index is -4.67. The molecule has 0 bridgehead atoms. The fourth-order valence-corrected chi connectivity index (χ4v) is 2.09. The molecule has 0 fully saturated rings. The number of carbonyl (C=O) groups excluding carboxylic acids is 2. The van der Waals surface area contributed by atoms with Crippen molar-refractivity contribution >= 4 is 12.0 Å². The minimum Gasteiger partial charge on any atom is -0.453 e. The first-order chi connectivity index (χ1) is 10.7. The summed E-state index contributed by atoms with van der Waals surface area (Å²) >= 11 is 0. The van der Waals surface area contributed by atoms with E-state index in [4.69, 9.17) is 0 Å². The van der Waals surface area contributed by atoms with E-state index in [-0.39, 0.29) is 11.3 Å². The third-order valence-electron chi connectivity index (χ3n) is 3.06. The number of nitrogens with one attached hydrogen (secondary N) is 2. The summed E-state index contributed by atoms with van der Waals surface area (Å²) in [6, 6.07) is 3.18. The van der Waals surface area contributed by atoms with E-state index >= 15 is 0 Å². The quantitative estimate of drug-likeness (QED) is 0.660. The van der Waals surface area contributed by atoms with Gasteiger partial charge in [0.1, 0.15) is 5.82 Å². The normalized spacial score (nSPS) is 18.3. The lowest BCUT2D eigenvalue weighted by atomic mass is 9.95. The highest BCUT2D eigenvalue weighted by molar-refractivity contribution is 5.95. The Bertz CT molecular complexity index is 653. The number of carbonyl (C=O) groups is 2. The number of hydrogen-bond acceptors (Lipinski definition) is 3. The number of amides is 2. The molecule has 1 aliphatic heterocycles. The van der Waals surface area contributed by atoms with Crippen LogP contribution in [0, 0.1) is 5.82 Å². The maximum absolute atomic E-state index is 13.0. The van der Waals surface area contributed by atoms with Gasteiger partial charge in [0.05, 0.1) is 11.6 Å². The van der Waals surface area contributed by atoms with Gasteiger partial charge in [-0.05, 0) is 24.6 Å². The topological polar surface area (TPSA) is 67.4 Å². The minimum absolute atomic E-state index is 0.0650. The molecule has 0 aromatic heterocycles. The van der Waals surface area contributed by atoms with Crippen LogP contribution in [0.5, 0.6) is 0 Å². The van der Waals surface area contributed by atoms with Crippen LogP contribution < -0.4 is 10.6 Å². The molecular weight excluding hydrogens is 320 g/mol. The monoisotopic (exact) mass is 332 g/mol. The highest BCUT2D eigenvalue weighted by atomic mass is 19.4. The van der Waals surface area contributed by atoms with E-state index in [2.05, 4.69) is 15.4 Å². The van der Waals surface area contributed by atoms with Gasteiger partial charge < -0.3 is 15.4 Å². The predicted molar refractivity (Wildman–Crippen MR) is 70.5 cm³/mol. The zero-order valence-electron chi connectivity index (χ0n) is 11.8. The Morgan fingerprint density at radius 1 is 1.26 bits per heavy atom. The summed E-state index contributed by atoms with van der Waals surface area (Å²) in [5, 5.41) is 4.69. The summed E-state index contributed by atoms with van der Waals surface area (Å²) in [4.78, 5) is 23.5. The largest absolute Gasteiger partial charge is 0.453 e. The van der Waals surface area contributed by atoms with E-state index in [0.29, 0.717) is 5.56 Å².